The Balaban J connectivity index is 1.47. The first-order valence-electron chi connectivity index (χ1n) is 9.90. The van der Waals surface area contributed by atoms with Crippen LogP contribution < -0.4 is 14.9 Å². The van der Waals surface area contributed by atoms with Crippen LogP contribution in [-0.2, 0) is 10.0 Å². The molecule has 0 radical (unpaired) electrons. The average molecular weight is 432 g/mol. The van der Waals surface area contributed by atoms with Crippen LogP contribution in [0.15, 0.2) is 28.0 Å². The summed E-state index contributed by atoms with van der Waals surface area (Å²) in [5, 5.41) is 3.71. The first-order valence-corrected chi connectivity index (χ1v) is 12.3. The van der Waals surface area contributed by atoms with Crippen molar-refractivity contribution in [2.45, 2.75) is 65.7 Å². The molecular formula is C19H27F2N3O2S2. The van der Waals surface area contributed by atoms with E-state index in [0.717, 1.165) is 36.5 Å². The Morgan fingerprint density at radius 2 is 1.86 bits per heavy atom. The molecule has 5 nitrogen and oxygen atoms in total. The maximum Gasteiger partial charge on any atom is 0.248 e. The number of halogens is 2. The molecule has 1 aliphatic carbocycles. The summed E-state index contributed by atoms with van der Waals surface area (Å²) in [5.41, 5.74) is 1.06. The summed E-state index contributed by atoms with van der Waals surface area (Å²) in [6.07, 6.45) is 2.06. The lowest BCUT2D eigenvalue weighted by Gasteiger charge is -2.32. The fourth-order valence-electron chi connectivity index (χ4n) is 4.38. The highest BCUT2D eigenvalue weighted by Crippen LogP contribution is 2.47. The van der Waals surface area contributed by atoms with Crippen molar-refractivity contribution in [1.82, 2.24) is 10.0 Å². The van der Waals surface area contributed by atoms with Gasteiger partial charge in [-0.15, -0.1) is 0 Å². The van der Waals surface area contributed by atoms with Gasteiger partial charge in [0.1, 0.15) is 0 Å². The zero-order chi connectivity index (χ0) is 19.9. The van der Waals surface area contributed by atoms with Crippen molar-refractivity contribution in [3.05, 3.63) is 18.2 Å². The maximum atomic E-state index is 13.3. The molecule has 1 unspecified atom stereocenters. The summed E-state index contributed by atoms with van der Waals surface area (Å²) in [4.78, 5) is 3.45. The van der Waals surface area contributed by atoms with Gasteiger partial charge in [-0.3, -0.25) is 0 Å². The minimum Gasteiger partial charge on any atom is -0.361 e. The Hall–Kier alpha value is -0.900. The molecule has 2 aliphatic heterocycles. The van der Waals surface area contributed by atoms with Crippen LogP contribution in [0.3, 0.4) is 0 Å². The van der Waals surface area contributed by atoms with E-state index in [9.17, 15) is 17.2 Å². The zero-order valence-electron chi connectivity index (χ0n) is 16.0. The second-order valence-corrected chi connectivity index (χ2v) is 11.0. The summed E-state index contributed by atoms with van der Waals surface area (Å²) < 4.78 is 54.9. The van der Waals surface area contributed by atoms with Crippen LogP contribution in [-0.4, -0.2) is 45.9 Å². The van der Waals surface area contributed by atoms with Gasteiger partial charge < -0.3 is 10.2 Å². The van der Waals surface area contributed by atoms with Crippen LogP contribution >= 0.6 is 11.8 Å². The van der Waals surface area contributed by atoms with Gasteiger partial charge in [0.25, 0.3) is 0 Å². The van der Waals surface area contributed by atoms with Gasteiger partial charge in [-0.05, 0) is 62.9 Å². The molecule has 2 N–H and O–H groups in total. The van der Waals surface area contributed by atoms with E-state index >= 15 is 0 Å². The third-order valence-corrected chi connectivity index (χ3v) is 9.12. The van der Waals surface area contributed by atoms with E-state index in [0.29, 0.717) is 11.3 Å². The van der Waals surface area contributed by atoms with Crippen LogP contribution in [0.2, 0.25) is 0 Å². The average Bonchev–Trinajstić information content (AvgIpc) is 3.00. The quantitative estimate of drug-likeness (QED) is 0.765. The number of sulfonamides is 1. The van der Waals surface area contributed by atoms with Crippen LogP contribution in [0.4, 0.5) is 14.5 Å². The summed E-state index contributed by atoms with van der Waals surface area (Å²) in [6.45, 7) is 2.05. The topological polar surface area (TPSA) is 61.4 Å². The molecule has 28 heavy (non-hydrogen) atoms. The van der Waals surface area contributed by atoms with E-state index in [-0.39, 0.29) is 30.6 Å². The summed E-state index contributed by atoms with van der Waals surface area (Å²) in [7, 11) is -1.65. The maximum absolute atomic E-state index is 13.3. The molecular weight excluding hydrogens is 404 g/mol. The Morgan fingerprint density at radius 3 is 2.54 bits per heavy atom. The first-order chi connectivity index (χ1) is 13.3. The van der Waals surface area contributed by atoms with Crippen molar-refractivity contribution in [3.8, 4) is 0 Å². The highest BCUT2D eigenvalue weighted by Gasteiger charge is 2.37. The Kier molecular flexibility index (Phi) is 5.63. The van der Waals surface area contributed by atoms with Gasteiger partial charge in [-0.25, -0.2) is 21.9 Å². The summed E-state index contributed by atoms with van der Waals surface area (Å²) in [6, 6.07) is 4.81. The van der Waals surface area contributed by atoms with Crippen molar-refractivity contribution in [2.75, 3.05) is 25.0 Å². The number of nitrogens with one attached hydrogen (secondary N) is 2. The summed E-state index contributed by atoms with van der Waals surface area (Å²) in [5.74, 6) is -2.09. The van der Waals surface area contributed by atoms with Gasteiger partial charge >= 0.3 is 0 Å². The Morgan fingerprint density at radius 1 is 1.18 bits per heavy atom. The fourth-order valence-corrected chi connectivity index (χ4v) is 7.31. The number of alkyl halides is 2. The largest absolute Gasteiger partial charge is 0.361 e. The lowest BCUT2D eigenvalue weighted by atomic mass is 9.93. The molecule has 0 bridgehead atoms. The molecule has 9 heteroatoms. The molecule has 1 aromatic carbocycles. The molecule has 1 aromatic rings. The van der Waals surface area contributed by atoms with Crippen molar-refractivity contribution in [1.29, 1.82) is 0 Å². The molecule has 3 aliphatic rings. The fraction of sp³-hybridized carbons (Fsp3) is 0.684. The minimum atomic E-state index is -3.72. The summed E-state index contributed by atoms with van der Waals surface area (Å²) >= 11 is 1.73. The second kappa shape index (κ2) is 7.74. The van der Waals surface area contributed by atoms with Crippen LogP contribution in [0.25, 0.3) is 0 Å². The lowest BCUT2D eigenvalue weighted by molar-refractivity contribution is -0.0387. The third kappa shape index (κ3) is 4.17. The molecule has 0 aromatic heterocycles. The highest BCUT2D eigenvalue weighted by molar-refractivity contribution is 8.00. The SMILES string of the molecule is CN1c2ccc(S(=O)(=O)NC3CCC(F)(F)CC3)cc2SC1C1CCNCC1. The van der Waals surface area contributed by atoms with E-state index in [1.807, 2.05) is 6.07 Å². The molecule has 1 saturated heterocycles. The number of fused-ring (bicyclic) bond motifs is 1. The van der Waals surface area contributed by atoms with E-state index in [2.05, 4.69) is 22.0 Å². The van der Waals surface area contributed by atoms with Gasteiger partial charge in [0.15, 0.2) is 0 Å². The number of anilines is 1. The van der Waals surface area contributed by atoms with Gasteiger partial charge in [0.05, 0.1) is 16.0 Å². The molecule has 0 spiro atoms. The normalized spacial score (nSPS) is 26.4. The molecule has 1 atom stereocenters. The monoisotopic (exact) mass is 431 g/mol. The highest BCUT2D eigenvalue weighted by atomic mass is 32.2. The van der Waals surface area contributed by atoms with Crippen molar-refractivity contribution in [2.24, 2.45) is 5.92 Å². The van der Waals surface area contributed by atoms with Crippen LogP contribution in [0, 0.1) is 5.92 Å². The smallest absolute Gasteiger partial charge is 0.248 e. The number of nitrogens with zero attached hydrogens (tertiary/aromatic N) is 1. The standard InChI is InChI=1S/C19H27F2N3O2S2/c1-24-16-3-2-15(12-17(16)27-18(24)13-6-10-22-11-7-13)28(25,26)23-14-4-8-19(20,21)9-5-14/h2-3,12-14,18,22-23H,4-11H2,1H3. The third-order valence-electron chi connectivity index (χ3n) is 6.08. The molecule has 2 heterocycles. The second-order valence-electron chi connectivity index (χ2n) is 8.09. The molecule has 1 saturated carbocycles. The van der Waals surface area contributed by atoms with Crippen LogP contribution in [0.5, 0.6) is 0 Å². The number of hydrogen-bond donors (Lipinski definition) is 2. The number of hydrogen-bond acceptors (Lipinski definition) is 5. The van der Waals surface area contributed by atoms with E-state index in [4.69, 9.17) is 0 Å². The van der Waals surface area contributed by atoms with Gasteiger partial charge in [-0.2, -0.15) is 0 Å². The van der Waals surface area contributed by atoms with Gasteiger partial charge in [0.2, 0.25) is 15.9 Å². The van der Waals surface area contributed by atoms with Crippen molar-refractivity contribution in [3.63, 3.8) is 0 Å². The minimum absolute atomic E-state index is 0.173. The van der Waals surface area contributed by atoms with Crippen molar-refractivity contribution < 1.29 is 17.2 Å². The van der Waals surface area contributed by atoms with E-state index in [1.54, 1.807) is 23.9 Å². The molecule has 156 valence electrons. The molecule has 4 rings (SSSR count). The predicted octanol–water partition coefficient (Wildman–Crippen LogP) is 3.41. The Labute approximate surface area is 169 Å². The Bertz CT molecular complexity index is 818. The van der Waals surface area contributed by atoms with Gasteiger partial charge in [0, 0.05) is 30.8 Å². The number of thioether (sulfide) groups is 1. The molecule has 2 fully saturated rings. The number of benzene rings is 1. The van der Waals surface area contributed by atoms with Crippen LogP contribution in [0.1, 0.15) is 38.5 Å². The predicted molar refractivity (Wildman–Crippen MR) is 108 cm³/mol. The van der Waals surface area contributed by atoms with Crippen molar-refractivity contribution >= 4 is 27.5 Å². The molecule has 0 amide bonds. The van der Waals surface area contributed by atoms with Gasteiger partial charge in [-0.1, -0.05) is 11.8 Å². The van der Waals surface area contributed by atoms with E-state index < -0.39 is 22.0 Å². The number of rotatable bonds is 4. The lowest BCUT2D eigenvalue weighted by Crippen LogP contribution is -2.40. The first kappa shape index (κ1) is 20.4. The number of piperidine rings is 1. The zero-order valence-corrected chi connectivity index (χ0v) is 17.6. The van der Waals surface area contributed by atoms with E-state index in [1.165, 1.54) is 0 Å².